The molecular weight excluding hydrogens is 350 g/mol. The zero-order chi connectivity index (χ0) is 18.4. The van der Waals surface area contributed by atoms with Crippen molar-refractivity contribution in [2.75, 3.05) is 16.8 Å². The first kappa shape index (κ1) is 15.4. The maximum absolute atomic E-state index is 12.8. The fourth-order valence-electron chi connectivity index (χ4n) is 3.12. The van der Waals surface area contributed by atoms with Crippen molar-refractivity contribution in [2.45, 2.75) is 6.54 Å². The lowest BCUT2D eigenvalue weighted by Gasteiger charge is -2.11. The van der Waals surface area contributed by atoms with Gasteiger partial charge in [-0.15, -0.1) is 0 Å². The zero-order valence-corrected chi connectivity index (χ0v) is 14.0. The molecule has 4 aromatic rings. The summed E-state index contributed by atoms with van der Waals surface area (Å²) in [4.78, 5) is 34.9. The van der Waals surface area contributed by atoms with E-state index in [-0.39, 0.29) is 23.4 Å². The average Bonchev–Trinajstić information content (AvgIpc) is 3.44. The van der Waals surface area contributed by atoms with Crippen molar-refractivity contribution in [3.05, 3.63) is 60.4 Å². The smallest absolute Gasteiger partial charge is 0.302 e. The highest BCUT2D eigenvalue weighted by Crippen LogP contribution is 2.28. The van der Waals surface area contributed by atoms with E-state index in [4.69, 9.17) is 8.83 Å². The Balaban J connectivity index is 1.38. The third kappa shape index (κ3) is 2.48. The quantitative estimate of drug-likeness (QED) is 0.599. The number of aromatic nitrogens is 3. The van der Waals surface area contributed by atoms with Crippen molar-refractivity contribution >= 4 is 34.8 Å². The Bertz CT molecular complexity index is 1160. The van der Waals surface area contributed by atoms with Gasteiger partial charge in [-0.25, -0.2) is 4.98 Å². The van der Waals surface area contributed by atoms with E-state index in [1.54, 1.807) is 11.0 Å². The summed E-state index contributed by atoms with van der Waals surface area (Å²) in [6.45, 7) is 1.15. The highest BCUT2D eigenvalue weighted by Gasteiger charge is 2.30. The minimum Gasteiger partial charge on any atom is -0.459 e. The second-order valence-electron chi connectivity index (χ2n) is 5.98. The number of nitrogens with zero attached hydrogens (tertiary/aromatic N) is 4. The molecule has 1 aliphatic rings. The first-order valence-corrected chi connectivity index (χ1v) is 8.28. The lowest BCUT2D eigenvalue weighted by Crippen LogP contribution is -2.29. The molecule has 5 rings (SSSR count). The average molecular weight is 363 g/mol. The number of fused-ring (bicyclic) bond motifs is 3. The molecule has 1 N–H and O–H groups in total. The Kier molecular flexibility index (Phi) is 3.32. The zero-order valence-electron chi connectivity index (χ0n) is 14.0. The summed E-state index contributed by atoms with van der Waals surface area (Å²) in [6.07, 6.45) is 2.60. The van der Waals surface area contributed by atoms with Crippen LogP contribution in [-0.4, -0.2) is 32.9 Å². The van der Waals surface area contributed by atoms with Crippen LogP contribution in [0.5, 0.6) is 0 Å². The van der Waals surface area contributed by atoms with Crippen LogP contribution in [0.4, 0.5) is 12.0 Å². The van der Waals surface area contributed by atoms with Crippen LogP contribution in [0.1, 0.15) is 21.0 Å². The van der Waals surface area contributed by atoms with E-state index in [1.165, 1.54) is 18.6 Å². The van der Waals surface area contributed by atoms with Crippen molar-refractivity contribution in [3.63, 3.8) is 0 Å². The van der Waals surface area contributed by atoms with Crippen LogP contribution < -0.4 is 10.2 Å². The topological polar surface area (TPSA) is 106 Å². The number of carbonyl (C=O) groups excluding carboxylic acids is 2. The van der Waals surface area contributed by atoms with Gasteiger partial charge >= 0.3 is 6.01 Å². The summed E-state index contributed by atoms with van der Waals surface area (Å²) in [5.74, 6) is -0.158. The van der Waals surface area contributed by atoms with Gasteiger partial charge in [-0.05, 0) is 24.3 Å². The third-order valence-electron chi connectivity index (χ3n) is 4.36. The van der Waals surface area contributed by atoms with Crippen molar-refractivity contribution in [1.29, 1.82) is 0 Å². The fourth-order valence-corrected chi connectivity index (χ4v) is 3.12. The molecule has 27 heavy (non-hydrogen) atoms. The van der Waals surface area contributed by atoms with Crippen molar-refractivity contribution in [3.8, 4) is 0 Å². The number of oxazole rings is 1. The number of carbonyl (C=O) groups is 2. The first-order valence-electron chi connectivity index (χ1n) is 8.28. The Hall–Kier alpha value is -3.88. The lowest BCUT2D eigenvalue weighted by molar-refractivity contribution is 0.0978. The molecule has 1 aromatic carbocycles. The van der Waals surface area contributed by atoms with Crippen molar-refractivity contribution in [2.24, 2.45) is 0 Å². The summed E-state index contributed by atoms with van der Waals surface area (Å²) < 4.78 is 12.2. The number of rotatable bonds is 3. The summed E-state index contributed by atoms with van der Waals surface area (Å²) in [7, 11) is 0. The lowest BCUT2D eigenvalue weighted by atomic mass is 10.3. The Morgan fingerprint density at radius 1 is 1.04 bits per heavy atom. The molecule has 0 fully saturated rings. The van der Waals surface area contributed by atoms with Crippen LogP contribution in [0, 0.1) is 0 Å². The molecule has 0 saturated carbocycles. The molecule has 1 aliphatic heterocycles. The predicted octanol–water partition coefficient (Wildman–Crippen LogP) is 2.53. The minimum atomic E-state index is -0.510. The van der Waals surface area contributed by atoms with Gasteiger partial charge in [0.05, 0.1) is 17.3 Å². The van der Waals surface area contributed by atoms with E-state index < -0.39 is 5.91 Å². The number of anilines is 2. The van der Waals surface area contributed by atoms with Gasteiger partial charge < -0.3 is 13.4 Å². The first-order chi connectivity index (χ1) is 13.2. The molecule has 0 bridgehead atoms. The Morgan fingerprint density at radius 2 is 1.93 bits per heavy atom. The van der Waals surface area contributed by atoms with Gasteiger partial charge in [0.15, 0.2) is 11.5 Å². The van der Waals surface area contributed by atoms with E-state index in [0.29, 0.717) is 19.0 Å². The van der Waals surface area contributed by atoms with E-state index in [0.717, 1.165) is 11.0 Å². The highest BCUT2D eigenvalue weighted by molar-refractivity contribution is 6.06. The molecule has 0 spiro atoms. The number of hydrogen-bond acceptors (Lipinski definition) is 6. The molecule has 0 saturated heterocycles. The molecule has 3 aromatic heterocycles. The second-order valence-corrected chi connectivity index (χ2v) is 5.98. The van der Waals surface area contributed by atoms with Crippen LogP contribution in [0.2, 0.25) is 0 Å². The molecule has 9 heteroatoms. The van der Waals surface area contributed by atoms with E-state index in [1.807, 2.05) is 28.8 Å². The largest absolute Gasteiger partial charge is 0.459 e. The van der Waals surface area contributed by atoms with Crippen LogP contribution in [0.15, 0.2) is 57.8 Å². The maximum Gasteiger partial charge on any atom is 0.302 e. The van der Waals surface area contributed by atoms with Gasteiger partial charge in [-0.2, -0.15) is 4.98 Å². The fraction of sp³-hybridized carbons (Fsp3) is 0.111. The number of para-hydroxylation sites is 2. The molecule has 0 aliphatic carbocycles. The van der Waals surface area contributed by atoms with Gasteiger partial charge in [0, 0.05) is 13.1 Å². The van der Waals surface area contributed by atoms with E-state index >= 15 is 0 Å². The molecule has 4 heterocycles. The monoisotopic (exact) mass is 363 g/mol. The SMILES string of the molecule is O=C(Nc1nc(C(=O)N2CCn3c2nc2ccccc23)co1)c1ccco1. The van der Waals surface area contributed by atoms with E-state index in [2.05, 4.69) is 15.3 Å². The second kappa shape index (κ2) is 5.84. The predicted molar refractivity (Wildman–Crippen MR) is 94.6 cm³/mol. The van der Waals surface area contributed by atoms with Gasteiger partial charge in [0.1, 0.15) is 6.26 Å². The maximum atomic E-state index is 12.8. The van der Waals surface area contributed by atoms with Crippen LogP contribution in [0.3, 0.4) is 0 Å². The van der Waals surface area contributed by atoms with Gasteiger partial charge in [0.2, 0.25) is 5.95 Å². The molecular formula is C18H13N5O4. The normalized spacial score (nSPS) is 13.1. The van der Waals surface area contributed by atoms with Crippen LogP contribution in [-0.2, 0) is 6.54 Å². The number of nitrogens with one attached hydrogen (secondary N) is 1. The summed E-state index contributed by atoms with van der Waals surface area (Å²) >= 11 is 0. The number of imidazole rings is 1. The van der Waals surface area contributed by atoms with Crippen LogP contribution in [0.25, 0.3) is 11.0 Å². The van der Waals surface area contributed by atoms with E-state index in [9.17, 15) is 9.59 Å². The molecule has 0 atom stereocenters. The van der Waals surface area contributed by atoms with Gasteiger partial charge in [0.25, 0.3) is 11.8 Å². The number of benzene rings is 1. The number of hydrogen-bond donors (Lipinski definition) is 1. The standard InChI is InChI=1S/C18H13N5O4/c24-15(14-6-3-9-26-14)21-17-19-12(10-27-17)16(25)23-8-7-22-13-5-2-1-4-11(13)20-18(22)23/h1-6,9-10H,7-8H2,(H,19,21,24). The third-order valence-corrected chi connectivity index (χ3v) is 4.36. The summed E-state index contributed by atoms with van der Waals surface area (Å²) in [6, 6.07) is 10.8. The van der Waals surface area contributed by atoms with Gasteiger partial charge in [-0.3, -0.25) is 19.8 Å². The molecule has 2 amide bonds. The summed E-state index contributed by atoms with van der Waals surface area (Å²) in [5.41, 5.74) is 1.90. The molecule has 0 unspecified atom stereocenters. The number of furan rings is 1. The summed E-state index contributed by atoms with van der Waals surface area (Å²) in [5, 5.41) is 2.45. The molecule has 9 nitrogen and oxygen atoms in total. The Morgan fingerprint density at radius 3 is 2.78 bits per heavy atom. The highest BCUT2D eigenvalue weighted by atomic mass is 16.4. The van der Waals surface area contributed by atoms with Crippen molar-refractivity contribution in [1.82, 2.24) is 14.5 Å². The van der Waals surface area contributed by atoms with Gasteiger partial charge in [-0.1, -0.05) is 12.1 Å². The minimum absolute atomic E-state index is 0.0764. The Labute approximate surface area is 152 Å². The number of amides is 2. The molecule has 134 valence electrons. The molecule has 0 radical (unpaired) electrons. The van der Waals surface area contributed by atoms with Crippen LogP contribution >= 0.6 is 0 Å². The van der Waals surface area contributed by atoms with Crippen molar-refractivity contribution < 1.29 is 18.4 Å².